The zero-order valence-electron chi connectivity index (χ0n) is 15.2. The quantitative estimate of drug-likeness (QED) is 0.386. The molecule has 1 saturated heterocycles. The summed E-state index contributed by atoms with van der Waals surface area (Å²) < 4.78 is 24.8. The second-order valence-corrected chi connectivity index (χ2v) is 5.94. The Bertz CT molecular complexity index is 765. The molecule has 3 N–H and O–H groups in total. The number of aliphatic imine (C=N–C) groups is 1. The van der Waals surface area contributed by atoms with E-state index in [4.69, 9.17) is 15.2 Å². The standard InChI is InChI=1S/C19H23FN4O2.HI/c1-25-16-5-3-15(4-6-16)23-19(21)22-13-14-2-7-18(17(20)12-14)24-8-10-26-11-9-24;/h2-7,12H,8-11,13H2,1H3,(H3,21,22,23);1H. The monoisotopic (exact) mass is 486 g/mol. The van der Waals surface area contributed by atoms with Crippen LogP contribution in [0.4, 0.5) is 15.8 Å². The van der Waals surface area contributed by atoms with E-state index in [9.17, 15) is 4.39 Å². The molecule has 3 rings (SSSR count). The molecule has 1 heterocycles. The minimum absolute atomic E-state index is 0. The van der Waals surface area contributed by atoms with Crippen LogP contribution in [0.3, 0.4) is 0 Å². The van der Waals surface area contributed by atoms with Gasteiger partial charge in [-0.1, -0.05) is 6.07 Å². The van der Waals surface area contributed by atoms with Crippen LogP contribution in [0, 0.1) is 5.82 Å². The largest absolute Gasteiger partial charge is 0.497 e. The third-order valence-corrected chi connectivity index (χ3v) is 4.16. The van der Waals surface area contributed by atoms with Crippen molar-refractivity contribution in [2.24, 2.45) is 10.7 Å². The second kappa shape index (κ2) is 10.3. The number of rotatable bonds is 5. The second-order valence-electron chi connectivity index (χ2n) is 5.94. The van der Waals surface area contributed by atoms with Crippen molar-refractivity contribution in [3.8, 4) is 5.75 Å². The first-order chi connectivity index (χ1) is 12.7. The molecule has 27 heavy (non-hydrogen) atoms. The van der Waals surface area contributed by atoms with E-state index in [1.807, 2.05) is 35.2 Å². The van der Waals surface area contributed by atoms with E-state index < -0.39 is 0 Å². The van der Waals surface area contributed by atoms with Gasteiger partial charge in [0.1, 0.15) is 11.6 Å². The summed E-state index contributed by atoms with van der Waals surface area (Å²) in [4.78, 5) is 6.26. The van der Waals surface area contributed by atoms with E-state index in [2.05, 4.69) is 10.3 Å². The molecule has 0 bridgehead atoms. The van der Waals surface area contributed by atoms with Crippen molar-refractivity contribution < 1.29 is 13.9 Å². The number of anilines is 2. The minimum atomic E-state index is -0.249. The Labute approximate surface area is 175 Å². The molecular formula is C19H24FIN4O2. The Balaban J connectivity index is 0.00000261. The van der Waals surface area contributed by atoms with E-state index in [-0.39, 0.29) is 35.8 Å². The molecule has 1 fully saturated rings. The number of nitrogens with one attached hydrogen (secondary N) is 1. The number of ether oxygens (including phenoxy) is 2. The molecule has 0 aliphatic carbocycles. The summed E-state index contributed by atoms with van der Waals surface area (Å²) in [7, 11) is 1.61. The van der Waals surface area contributed by atoms with Crippen LogP contribution in [0.2, 0.25) is 0 Å². The van der Waals surface area contributed by atoms with Crippen LogP contribution >= 0.6 is 24.0 Å². The van der Waals surface area contributed by atoms with E-state index >= 15 is 0 Å². The van der Waals surface area contributed by atoms with Crippen molar-refractivity contribution in [1.29, 1.82) is 0 Å². The van der Waals surface area contributed by atoms with Crippen molar-refractivity contribution in [3.05, 3.63) is 53.8 Å². The molecule has 146 valence electrons. The molecule has 2 aromatic rings. The van der Waals surface area contributed by atoms with Gasteiger partial charge in [-0.2, -0.15) is 0 Å². The Morgan fingerprint density at radius 1 is 1.22 bits per heavy atom. The van der Waals surface area contributed by atoms with Crippen molar-refractivity contribution in [2.45, 2.75) is 6.54 Å². The Morgan fingerprint density at radius 3 is 2.56 bits per heavy atom. The zero-order valence-corrected chi connectivity index (χ0v) is 17.5. The molecule has 0 aromatic heterocycles. The highest BCUT2D eigenvalue weighted by Gasteiger charge is 2.15. The summed E-state index contributed by atoms with van der Waals surface area (Å²) in [5.41, 5.74) is 8.07. The molecule has 0 amide bonds. The van der Waals surface area contributed by atoms with Gasteiger partial charge in [0.2, 0.25) is 0 Å². The van der Waals surface area contributed by atoms with E-state index in [0.717, 1.165) is 17.0 Å². The van der Waals surface area contributed by atoms with Crippen molar-refractivity contribution >= 4 is 41.3 Å². The fraction of sp³-hybridized carbons (Fsp3) is 0.316. The molecule has 1 aliphatic heterocycles. The summed E-state index contributed by atoms with van der Waals surface area (Å²) in [5.74, 6) is 0.788. The first kappa shape index (κ1) is 21.2. The fourth-order valence-electron chi connectivity index (χ4n) is 2.75. The third kappa shape index (κ3) is 5.96. The van der Waals surface area contributed by atoms with Gasteiger partial charge < -0.3 is 25.4 Å². The number of hydrogen-bond donors (Lipinski definition) is 2. The summed E-state index contributed by atoms with van der Waals surface area (Å²) in [6.07, 6.45) is 0. The van der Waals surface area contributed by atoms with Crippen molar-refractivity contribution in [3.63, 3.8) is 0 Å². The Morgan fingerprint density at radius 2 is 1.93 bits per heavy atom. The number of methoxy groups -OCH3 is 1. The molecule has 6 nitrogen and oxygen atoms in total. The maximum Gasteiger partial charge on any atom is 0.193 e. The van der Waals surface area contributed by atoms with Gasteiger partial charge in [0.25, 0.3) is 0 Å². The molecule has 8 heteroatoms. The maximum atomic E-state index is 14.4. The highest BCUT2D eigenvalue weighted by molar-refractivity contribution is 14.0. The third-order valence-electron chi connectivity index (χ3n) is 4.16. The van der Waals surface area contributed by atoms with Crippen LogP contribution in [-0.4, -0.2) is 39.4 Å². The van der Waals surface area contributed by atoms with E-state index in [1.165, 1.54) is 6.07 Å². The number of guanidine groups is 1. The normalized spacial score (nSPS) is 14.4. The lowest BCUT2D eigenvalue weighted by molar-refractivity contribution is 0.122. The van der Waals surface area contributed by atoms with Gasteiger partial charge in [0, 0.05) is 18.8 Å². The SMILES string of the molecule is COc1ccc(NC(N)=NCc2ccc(N3CCOCC3)c(F)c2)cc1.I. The highest BCUT2D eigenvalue weighted by atomic mass is 127. The molecule has 0 atom stereocenters. The van der Waals surface area contributed by atoms with E-state index in [1.54, 1.807) is 13.2 Å². The highest BCUT2D eigenvalue weighted by Crippen LogP contribution is 2.22. The first-order valence-corrected chi connectivity index (χ1v) is 8.48. The topological polar surface area (TPSA) is 72.1 Å². The lowest BCUT2D eigenvalue weighted by atomic mass is 10.1. The fourth-order valence-corrected chi connectivity index (χ4v) is 2.75. The molecule has 2 aromatic carbocycles. The Kier molecular flexibility index (Phi) is 8.11. The van der Waals surface area contributed by atoms with Gasteiger partial charge in [-0.05, 0) is 42.0 Å². The number of benzene rings is 2. The predicted octanol–water partition coefficient (Wildman–Crippen LogP) is 3.22. The van der Waals surface area contributed by atoms with Gasteiger partial charge in [0.15, 0.2) is 5.96 Å². The van der Waals surface area contributed by atoms with Gasteiger partial charge in [-0.15, -0.1) is 24.0 Å². The molecule has 0 saturated carbocycles. The van der Waals surface area contributed by atoms with Crippen LogP contribution in [-0.2, 0) is 11.3 Å². The first-order valence-electron chi connectivity index (χ1n) is 8.48. The number of morpholine rings is 1. The molecule has 0 spiro atoms. The average molecular weight is 486 g/mol. The maximum absolute atomic E-state index is 14.4. The van der Waals surface area contributed by atoms with Crippen LogP contribution < -0.4 is 20.7 Å². The van der Waals surface area contributed by atoms with Gasteiger partial charge in [0.05, 0.1) is 32.6 Å². The molecule has 0 radical (unpaired) electrons. The van der Waals surface area contributed by atoms with Gasteiger partial charge in [-0.3, -0.25) is 0 Å². The summed E-state index contributed by atoms with van der Waals surface area (Å²) >= 11 is 0. The van der Waals surface area contributed by atoms with Gasteiger partial charge >= 0.3 is 0 Å². The zero-order chi connectivity index (χ0) is 18.4. The van der Waals surface area contributed by atoms with Crippen LogP contribution in [0.1, 0.15) is 5.56 Å². The molecule has 0 unspecified atom stereocenters. The number of halogens is 2. The number of hydrogen-bond acceptors (Lipinski definition) is 4. The lowest BCUT2D eigenvalue weighted by Crippen LogP contribution is -2.36. The molecule has 1 aliphatic rings. The van der Waals surface area contributed by atoms with E-state index in [0.29, 0.717) is 38.5 Å². The van der Waals surface area contributed by atoms with Gasteiger partial charge in [-0.25, -0.2) is 9.38 Å². The molecular weight excluding hydrogens is 462 g/mol. The van der Waals surface area contributed by atoms with Crippen molar-refractivity contribution in [1.82, 2.24) is 0 Å². The summed E-state index contributed by atoms with van der Waals surface area (Å²) in [5, 5.41) is 3.00. The van der Waals surface area contributed by atoms with Crippen LogP contribution in [0.15, 0.2) is 47.5 Å². The smallest absolute Gasteiger partial charge is 0.193 e. The summed E-state index contributed by atoms with van der Waals surface area (Å²) in [6.45, 7) is 2.95. The Hall–Kier alpha value is -2.07. The number of nitrogens with two attached hydrogens (primary N) is 1. The van der Waals surface area contributed by atoms with Crippen LogP contribution in [0.5, 0.6) is 5.75 Å². The minimum Gasteiger partial charge on any atom is -0.497 e. The summed E-state index contributed by atoms with van der Waals surface area (Å²) in [6, 6.07) is 12.5. The van der Waals surface area contributed by atoms with Crippen molar-refractivity contribution in [2.75, 3.05) is 43.6 Å². The van der Waals surface area contributed by atoms with Crippen LogP contribution in [0.25, 0.3) is 0 Å². The average Bonchev–Trinajstić information content (AvgIpc) is 2.68. The number of nitrogens with zero attached hydrogens (tertiary/aromatic N) is 2. The lowest BCUT2D eigenvalue weighted by Gasteiger charge is -2.29. The predicted molar refractivity (Wildman–Crippen MR) is 117 cm³/mol.